The highest BCUT2D eigenvalue weighted by Gasteiger charge is 2.38. The topological polar surface area (TPSA) is 180 Å². The second kappa shape index (κ2) is 12.8. The standard InChI is InChI=1S/C27H24ClF3N10O4/c1-14(25(43)37-15-4-6-33-10-15)36-26(44)16-2-3-18(21(20(16)28)45-13-42)38-23-24-35-11-19(41(24)9-7-34-23)17-12-40(8-5-32)39-22(17)27(29,30)31/h2-3,7,9,11-15,33H,4,6,8,10H2,1H3,(H,34,38)(H,36,44)(H,37,43)/t14-,15+/m1/s1. The summed E-state index contributed by atoms with van der Waals surface area (Å²) < 4.78 is 48.6. The fourth-order valence-corrected chi connectivity index (χ4v) is 5.04. The summed E-state index contributed by atoms with van der Waals surface area (Å²) in [5.41, 5.74) is -1.43. The summed E-state index contributed by atoms with van der Waals surface area (Å²) in [7, 11) is 0. The fourth-order valence-electron chi connectivity index (χ4n) is 4.74. The number of nitrogens with zero attached hydrogens (tertiary/aromatic N) is 6. The predicted octanol–water partition coefficient (Wildman–Crippen LogP) is 2.66. The quantitative estimate of drug-likeness (QED) is 0.187. The Kier molecular flexibility index (Phi) is 8.88. The molecule has 0 bridgehead atoms. The molecule has 1 fully saturated rings. The number of hydrogen-bond donors (Lipinski definition) is 4. The van der Waals surface area contributed by atoms with Gasteiger partial charge in [0.25, 0.3) is 12.4 Å². The summed E-state index contributed by atoms with van der Waals surface area (Å²) in [4.78, 5) is 45.3. The van der Waals surface area contributed by atoms with E-state index in [4.69, 9.17) is 21.6 Å². The SMILES string of the molecule is C[C@@H](NC(=O)c1ccc(Nc2nccn3c(-c4cn(CC#N)nc4C(F)(F)F)cnc23)c(OC=O)c1Cl)C(=O)N[C@H]1CCNC1. The number of halogens is 4. The van der Waals surface area contributed by atoms with Crippen molar-refractivity contribution in [1.29, 1.82) is 5.26 Å². The zero-order chi connectivity index (χ0) is 32.3. The van der Waals surface area contributed by atoms with Crippen molar-refractivity contribution in [3.05, 3.63) is 53.2 Å². The molecule has 1 saturated heterocycles. The van der Waals surface area contributed by atoms with Crippen molar-refractivity contribution in [3.63, 3.8) is 0 Å². The molecule has 0 spiro atoms. The number of nitrogens with one attached hydrogen (secondary N) is 4. The Morgan fingerprint density at radius 2 is 2.13 bits per heavy atom. The van der Waals surface area contributed by atoms with Gasteiger partial charge in [0.05, 0.1) is 39.8 Å². The Morgan fingerprint density at radius 1 is 1.33 bits per heavy atom. The van der Waals surface area contributed by atoms with E-state index in [1.165, 1.54) is 42.0 Å². The van der Waals surface area contributed by atoms with Crippen LogP contribution in [0, 0.1) is 11.3 Å². The van der Waals surface area contributed by atoms with Gasteiger partial charge in [-0.25, -0.2) is 9.97 Å². The number of aromatic nitrogens is 5. The molecule has 1 aromatic carbocycles. The summed E-state index contributed by atoms with van der Waals surface area (Å²) in [6, 6.07) is 3.51. The molecule has 18 heteroatoms. The number of benzene rings is 1. The maximum absolute atomic E-state index is 13.8. The van der Waals surface area contributed by atoms with Crippen LogP contribution in [0.15, 0.2) is 36.9 Å². The first-order valence-electron chi connectivity index (χ1n) is 13.4. The first-order valence-corrected chi connectivity index (χ1v) is 13.8. The Labute approximate surface area is 257 Å². The largest absolute Gasteiger partial charge is 0.435 e. The fraction of sp³-hybridized carbons (Fsp3) is 0.296. The summed E-state index contributed by atoms with van der Waals surface area (Å²) in [5, 5.41) is 23.6. The predicted molar refractivity (Wildman–Crippen MR) is 153 cm³/mol. The lowest BCUT2D eigenvalue weighted by atomic mass is 10.1. The third-order valence-corrected chi connectivity index (χ3v) is 7.25. The van der Waals surface area contributed by atoms with Gasteiger partial charge in [-0.15, -0.1) is 0 Å². The zero-order valence-electron chi connectivity index (χ0n) is 23.4. The minimum Gasteiger partial charge on any atom is -0.425 e. The van der Waals surface area contributed by atoms with Crippen LogP contribution in [0.4, 0.5) is 24.7 Å². The van der Waals surface area contributed by atoms with Crippen LogP contribution < -0.4 is 26.0 Å². The van der Waals surface area contributed by atoms with E-state index in [1.807, 2.05) is 0 Å². The third-order valence-electron chi connectivity index (χ3n) is 6.88. The van der Waals surface area contributed by atoms with Crippen LogP contribution in [0.5, 0.6) is 5.75 Å². The Hall–Kier alpha value is -5.21. The first-order chi connectivity index (χ1) is 21.5. The molecule has 14 nitrogen and oxygen atoms in total. The van der Waals surface area contributed by atoms with Crippen LogP contribution in [0.1, 0.15) is 29.4 Å². The van der Waals surface area contributed by atoms with Crippen molar-refractivity contribution in [1.82, 2.24) is 40.1 Å². The average Bonchev–Trinajstić information content (AvgIpc) is 3.75. The summed E-state index contributed by atoms with van der Waals surface area (Å²) in [6.45, 7) is 2.62. The van der Waals surface area contributed by atoms with E-state index in [9.17, 15) is 27.6 Å². The number of nitriles is 1. The molecule has 5 rings (SSSR count). The van der Waals surface area contributed by atoms with Gasteiger partial charge in [0, 0.05) is 31.2 Å². The van der Waals surface area contributed by atoms with Crippen LogP contribution in [0.3, 0.4) is 0 Å². The molecule has 2 amide bonds. The van der Waals surface area contributed by atoms with Crippen molar-refractivity contribution in [2.75, 3.05) is 18.4 Å². The molecule has 0 aliphatic carbocycles. The molecule has 2 atom stereocenters. The number of alkyl halides is 3. The van der Waals surface area contributed by atoms with E-state index in [0.29, 0.717) is 6.54 Å². The van der Waals surface area contributed by atoms with Gasteiger partial charge in [-0.2, -0.15) is 23.5 Å². The van der Waals surface area contributed by atoms with Gasteiger partial charge in [-0.1, -0.05) is 11.6 Å². The Balaban J connectivity index is 1.43. The zero-order valence-corrected chi connectivity index (χ0v) is 24.1. The van der Waals surface area contributed by atoms with Crippen molar-refractivity contribution in [2.45, 2.75) is 38.1 Å². The van der Waals surface area contributed by atoms with E-state index in [0.717, 1.165) is 23.8 Å². The second-order valence-corrected chi connectivity index (χ2v) is 10.3. The van der Waals surface area contributed by atoms with Crippen LogP contribution in [0.2, 0.25) is 5.02 Å². The maximum Gasteiger partial charge on any atom is 0.435 e. The van der Waals surface area contributed by atoms with Gasteiger partial charge in [-0.3, -0.25) is 23.5 Å². The molecular formula is C27H24ClF3N10O4. The summed E-state index contributed by atoms with van der Waals surface area (Å²) >= 11 is 6.47. The first kappa shape index (κ1) is 31.2. The van der Waals surface area contributed by atoms with E-state index in [1.54, 1.807) is 6.07 Å². The maximum atomic E-state index is 13.8. The van der Waals surface area contributed by atoms with Gasteiger partial charge < -0.3 is 26.0 Å². The Morgan fingerprint density at radius 3 is 2.82 bits per heavy atom. The molecule has 1 aliphatic heterocycles. The minimum atomic E-state index is -4.81. The highest BCUT2D eigenvalue weighted by atomic mass is 35.5. The number of anilines is 2. The van der Waals surface area contributed by atoms with Gasteiger partial charge in [0.15, 0.2) is 22.9 Å². The van der Waals surface area contributed by atoms with E-state index in [2.05, 4.69) is 36.3 Å². The highest BCUT2D eigenvalue weighted by Crippen LogP contribution is 2.39. The number of carbonyl (C=O) groups is 3. The van der Waals surface area contributed by atoms with Gasteiger partial charge >= 0.3 is 6.18 Å². The average molecular weight is 645 g/mol. The van der Waals surface area contributed by atoms with Crippen LogP contribution in [0.25, 0.3) is 16.9 Å². The molecule has 4 aromatic rings. The molecule has 45 heavy (non-hydrogen) atoms. The van der Waals surface area contributed by atoms with E-state index >= 15 is 0 Å². The molecular weight excluding hydrogens is 621 g/mol. The molecule has 3 aromatic heterocycles. The molecule has 234 valence electrons. The van der Waals surface area contributed by atoms with Crippen LogP contribution >= 0.6 is 11.6 Å². The monoisotopic (exact) mass is 644 g/mol. The second-order valence-electron chi connectivity index (χ2n) is 9.89. The van der Waals surface area contributed by atoms with Crippen molar-refractivity contribution < 1.29 is 32.3 Å². The number of hydrogen-bond acceptors (Lipinski definition) is 10. The van der Waals surface area contributed by atoms with E-state index in [-0.39, 0.29) is 63.2 Å². The lowest BCUT2D eigenvalue weighted by Crippen LogP contribution is -2.48. The van der Waals surface area contributed by atoms with Crippen molar-refractivity contribution in [3.8, 4) is 23.1 Å². The lowest BCUT2D eigenvalue weighted by Gasteiger charge is -2.18. The van der Waals surface area contributed by atoms with E-state index < -0.39 is 30.4 Å². The molecule has 1 aliphatic rings. The number of amides is 2. The molecule has 0 unspecified atom stereocenters. The normalized spacial score (nSPS) is 15.3. The number of ether oxygens (including phenoxy) is 1. The number of carbonyl (C=O) groups excluding carboxylic acids is 3. The third kappa shape index (κ3) is 6.51. The van der Waals surface area contributed by atoms with Gasteiger partial charge in [0.1, 0.15) is 12.6 Å². The molecule has 4 N–H and O–H groups in total. The molecule has 4 heterocycles. The molecule has 0 radical (unpaired) electrons. The van der Waals surface area contributed by atoms with Gasteiger partial charge in [-0.05, 0) is 32.0 Å². The summed E-state index contributed by atoms with van der Waals surface area (Å²) in [5.74, 6) is -1.29. The van der Waals surface area contributed by atoms with Crippen molar-refractivity contribution in [2.24, 2.45) is 0 Å². The molecule has 0 saturated carbocycles. The van der Waals surface area contributed by atoms with Crippen molar-refractivity contribution >= 4 is 47.0 Å². The number of fused-ring (bicyclic) bond motifs is 1. The Bertz CT molecular complexity index is 1810. The smallest absolute Gasteiger partial charge is 0.425 e. The number of imidazole rings is 1. The lowest BCUT2D eigenvalue weighted by molar-refractivity contribution is -0.141. The van der Waals surface area contributed by atoms with Gasteiger partial charge in [0.2, 0.25) is 5.91 Å². The summed E-state index contributed by atoms with van der Waals surface area (Å²) in [6.07, 6.45) is 0.923. The van der Waals surface area contributed by atoms with Crippen LogP contribution in [-0.2, 0) is 22.3 Å². The number of rotatable bonds is 10. The minimum absolute atomic E-state index is 0.0173. The highest BCUT2D eigenvalue weighted by molar-refractivity contribution is 6.36. The van der Waals surface area contributed by atoms with Crippen LogP contribution in [-0.4, -0.2) is 67.6 Å².